The summed E-state index contributed by atoms with van der Waals surface area (Å²) in [4.78, 5) is 25.0. The van der Waals surface area contributed by atoms with E-state index in [9.17, 15) is 23.1 Å². The van der Waals surface area contributed by atoms with Gasteiger partial charge in [-0.15, -0.1) is 0 Å². The van der Waals surface area contributed by atoms with Gasteiger partial charge in [0.1, 0.15) is 17.4 Å². The van der Waals surface area contributed by atoms with Gasteiger partial charge in [-0.1, -0.05) is 17.7 Å². The van der Waals surface area contributed by atoms with E-state index in [0.29, 0.717) is 23.6 Å². The predicted octanol–water partition coefficient (Wildman–Crippen LogP) is 1.36. The lowest BCUT2D eigenvalue weighted by Gasteiger charge is -2.40. The molecule has 0 bridgehead atoms. The number of sulfonamides is 1. The molecule has 1 aliphatic carbocycles. The molecule has 1 amide bonds. The second-order valence-corrected chi connectivity index (χ2v) is 8.11. The van der Waals surface area contributed by atoms with Crippen LogP contribution in [0.3, 0.4) is 0 Å². The number of aryl methyl sites for hydroxylation is 1. The third-order valence-electron chi connectivity index (χ3n) is 4.83. The topological polar surface area (TPSA) is 91.8 Å². The standard InChI is InChI=1S/C16H19NO5S/c1-11-4-6-12(7-5-11)23(21,22)17-14(19)8-10-16(15(17)20)9-2-3-13(16)18/h4-7,14,19H,2-3,8-10H2,1H3. The van der Waals surface area contributed by atoms with Crippen molar-refractivity contribution in [2.24, 2.45) is 5.41 Å². The fourth-order valence-corrected chi connectivity index (χ4v) is 4.99. The average Bonchev–Trinajstić information content (AvgIpc) is 2.86. The van der Waals surface area contributed by atoms with Crippen molar-refractivity contribution in [3.63, 3.8) is 0 Å². The van der Waals surface area contributed by atoms with Gasteiger partial charge in [0.25, 0.3) is 15.9 Å². The van der Waals surface area contributed by atoms with Crippen LogP contribution in [0.15, 0.2) is 29.2 Å². The second-order valence-electron chi connectivity index (χ2n) is 6.30. The van der Waals surface area contributed by atoms with E-state index < -0.39 is 27.6 Å². The van der Waals surface area contributed by atoms with E-state index in [4.69, 9.17) is 0 Å². The number of carbonyl (C=O) groups excluding carboxylic acids is 2. The van der Waals surface area contributed by atoms with Crippen LogP contribution in [0.25, 0.3) is 0 Å². The van der Waals surface area contributed by atoms with E-state index in [1.165, 1.54) is 12.1 Å². The molecular formula is C16H19NO5S. The summed E-state index contributed by atoms with van der Waals surface area (Å²) in [6.45, 7) is 1.82. The fraction of sp³-hybridized carbons (Fsp3) is 0.500. The first-order valence-corrected chi connectivity index (χ1v) is 9.10. The van der Waals surface area contributed by atoms with Crippen LogP contribution >= 0.6 is 0 Å². The van der Waals surface area contributed by atoms with Crippen molar-refractivity contribution in [1.82, 2.24) is 4.31 Å². The number of aliphatic hydroxyl groups is 1. The van der Waals surface area contributed by atoms with Crippen molar-refractivity contribution in [1.29, 1.82) is 0 Å². The Morgan fingerprint density at radius 3 is 2.39 bits per heavy atom. The van der Waals surface area contributed by atoms with Crippen molar-refractivity contribution in [2.45, 2.75) is 50.2 Å². The molecule has 3 rings (SSSR count). The molecule has 2 fully saturated rings. The molecule has 6 nitrogen and oxygen atoms in total. The quantitative estimate of drug-likeness (QED) is 0.823. The summed E-state index contributed by atoms with van der Waals surface area (Å²) in [5.74, 6) is -0.988. The summed E-state index contributed by atoms with van der Waals surface area (Å²) >= 11 is 0. The van der Waals surface area contributed by atoms with E-state index in [2.05, 4.69) is 0 Å². The maximum atomic E-state index is 12.8. The molecule has 1 aromatic rings. The van der Waals surface area contributed by atoms with E-state index in [1.54, 1.807) is 12.1 Å². The molecule has 1 saturated heterocycles. The minimum absolute atomic E-state index is 0.0574. The Hall–Kier alpha value is -1.73. The smallest absolute Gasteiger partial charge is 0.268 e. The normalized spacial score (nSPS) is 28.6. The van der Waals surface area contributed by atoms with Crippen LogP contribution < -0.4 is 0 Å². The summed E-state index contributed by atoms with van der Waals surface area (Å²) in [5, 5.41) is 10.1. The van der Waals surface area contributed by atoms with Crippen molar-refractivity contribution >= 4 is 21.7 Å². The van der Waals surface area contributed by atoms with Gasteiger partial charge in [-0.25, -0.2) is 12.7 Å². The van der Waals surface area contributed by atoms with Crippen LogP contribution in [0.1, 0.15) is 37.7 Å². The van der Waals surface area contributed by atoms with Gasteiger partial charge in [-0.05, 0) is 44.7 Å². The van der Waals surface area contributed by atoms with Crippen molar-refractivity contribution < 1.29 is 23.1 Å². The Morgan fingerprint density at radius 1 is 1.17 bits per heavy atom. The number of amides is 1. The molecule has 124 valence electrons. The molecule has 2 unspecified atom stereocenters. The summed E-state index contributed by atoms with van der Waals surface area (Å²) in [6.07, 6.45) is 0.109. The highest BCUT2D eigenvalue weighted by molar-refractivity contribution is 7.89. The molecule has 23 heavy (non-hydrogen) atoms. The molecule has 1 saturated carbocycles. The highest BCUT2D eigenvalue weighted by atomic mass is 32.2. The molecule has 7 heteroatoms. The number of aliphatic hydroxyl groups excluding tert-OH is 1. The van der Waals surface area contributed by atoms with Crippen molar-refractivity contribution in [2.75, 3.05) is 0 Å². The number of nitrogens with zero attached hydrogens (tertiary/aromatic N) is 1. The van der Waals surface area contributed by atoms with Crippen LogP contribution in [-0.2, 0) is 19.6 Å². The van der Waals surface area contributed by atoms with Crippen molar-refractivity contribution in [3.8, 4) is 0 Å². The summed E-state index contributed by atoms with van der Waals surface area (Å²) in [7, 11) is -4.18. The first kappa shape index (κ1) is 16.1. The lowest BCUT2D eigenvalue weighted by Crippen LogP contribution is -2.57. The van der Waals surface area contributed by atoms with Gasteiger partial charge in [0.15, 0.2) is 0 Å². The Balaban J connectivity index is 2.04. The van der Waals surface area contributed by atoms with E-state index >= 15 is 0 Å². The predicted molar refractivity (Wildman–Crippen MR) is 81.7 cm³/mol. The number of rotatable bonds is 2. The molecule has 1 spiro atoms. The highest BCUT2D eigenvalue weighted by Crippen LogP contribution is 2.45. The zero-order valence-corrected chi connectivity index (χ0v) is 13.7. The van der Waals surface area contributed by atoms with Gasteiger partial charge in [0, 0.05) is 6.42 Å². The molecule has 1 aliphatic heterocycles. The Bertz CT molecular complexity index is 755. The molecule has 1 N–H and O–H groups in total. The third kappa shape index (κ3) is 2.38. The number of carbonyl (C=O) groups is 2. The zero-order chi connectivity index (χ0) is 16.8. The zero-order valence-electron chi connectivity index (χ0n) is 12.9. The number of piperidine rings is 1. The number of benzene rings is 1. The maximum Gasteiger partial charge on any atom is 0.268 e. The van der Waals surface area contributed by atoms with Crippen LogP contribution in [0.2, 0.25) is 0 Å². The molecule has 1 aromatic carbocycles. The lowest BCUT2D eigenvalue weighted by atomic mass is 9.77. The van der Waals surface area contributed by atoms with Crippen LogP contribution in [0, 0.1) is 12.3 Å². The number of hydrogen-bond donors (Lipinski definition) is 1. The van der Waals surface area contributed by atoms with E-state index in [0.717, 1.165) is 5.56 Å². The molecule has 2 atom stereocenters. The number of ketones is 1. The minimum atomic E-state index is -4.18. The Kier molecular flexibility index (Phi) is 3.80. The minimum Gasteiger partial charge on any atom is -0.372 e. The average molecular weight is 337 g/mol. The largest absolute Gasteiger partial charge is 0.372 e. The van der Waals surface area contributed by atoms with Gasteiger partial charge in [-0.3, -0.25) is 9.59 Å². The van der Waals surface area contributed by atoms with Crippen molar-refractivity contribution in [3.05, 3.63) is 29.8 Å². The first-order valence-electron chi connectivity index (χ1n) is 7.66. The fourth-order valence-electron chi connectivity index (χ4n) is 3.46. The SMILES string of the molecule is Cc1ccc(S(=O)(=O)N2C(=O)C3(CCCC3=O)CCC2O)cc1. The maximum absolute atomic E-state index is 12.8. The Morgan fingerprint density at radius 2 is 1.83 bits per heavy atom. The summed E-state index contributed by atoms with van der Waals surface area (Å²) < 4.78 is 26.1. The molecule has 1 heterocycles. The lowest BCUT2D eigenvalue weighted by molar-refractivity contribution is -0.155. The van der Waals surface area contributed by atoms with Crippen LogP contribution in [-0.4, -0.2) is 35.7 Å². The number of Topliss-reactive ketones (excluding diaryl/α,β-unsaturated/α-hetero) is 1. The summed E-state index contributed by atoms with van der Waals surface area (Å²) in [6, 6.07) is 6.07. The van der Waals surface area contributed by atoms with Gasteiger partial charge in [0.2, 0.25) is 0 Å². The van der Waals surface area contributed by atoms with Crippen LogP contribution in [0.5, 0.6) is 0 Å². The molecule has 0 aromatic heterocycles. The number of hydrogen-bond acceptors (Lipinski definition) is 5. The molecule has 0 radical (unpaired) electrons. The van der Waals surface area contributed by atoms with Gasteiger partial charge in [-0.2, -0.15) is 0 Å². The van der Waals surface area contributed by atoms with Gasteiger partial charge < -0.3 is 5.11 Å². The van der Waals surface area contributed by atoms with E-state index in [-0.39, 0.29) is 23.5 Å². The highest BCUT2D eigenvalue weighted by Gasteiger charge is 2.56. The monoisotopic (exact) mass is 337 g/mol. The third-order valence-corrected chi connectivity index (χ3v) is 6.62. The molecular weight excluding hydrogens is 318 g/mol. The van der Waals surface area contributed by atoms with Gasteiger partial charge in [0.05, 0.1) is 4.90 Å². The van der Waals surface area contributed by atoms with Crippen LogP contribution in [0.4, 0.5) is 0 Å². The first-order chi connectivity index (χ1) is 10.8. The Labute approximate surface area is 135 Å². The second kappa shape index (κ2) is 5.42. The van der Waals surface area contributed by atoms with E-state index in [1.807, 2.05) is 6.92 Å². The van der Waals surface area contributed by atoms with Gasteiger partial charge >= 0.3 is 0 Å². The summed E-state index contributed by atoms with van der Waals surface area (Å²) in [5.41, 5.74) is -0.381. The molecule has 2 aliphatic rings.